The van der Waals surface area contributed by atoms with E-state index in [0.717, 1.165) is 0 Å². The molecule has 0 fully saturated rings. The lowest BCUT2D eigenvalue weighted by molar-refractivity contribution is 0.0854. The molecule has 0 bridgehead atoms. The average molecular weight is 367 g/mol. The standard InChI is InChI=1S/C21H38O3Si/c1-10-22-25(23-11-2,24-12-3)21-19(16(6)7)13-18(15(4)5)14-20(21)17(8)9/h13-17H,10-12H2,1-9H3. The molecule has 25 heavy (non-hydrogen) atoms. The summed E-state index contributed by atoms with van der Waals surface area (Å²) in [5.41, 5.74) is 4.01. The summed E-state index contributed by atoms with van der Waals surface area (Å²) in [6, 6.07) is 4.69. The normalized spacial score (nSPS) is 12.6. The van der Waals surface area contributed by atoms with Gasteiger partial charge in [-0.25, -0.2) is 0 Å². The molecule has 3 nitrogen and oxygen atoms in total. The summed E-state index contributed by atoms with van der Waals surface area (Å²) in [6.07, 6.45) is 0. The van der Waals surface area contributed by atoms with Crippen LogP contribution in [0.15, 0.2) is 12.1 Å². The highest BCUT2D eigenvalue weighted by molar-refractivity contribution is 6.76. The first-order valence-electron chi connectivity index (χ1n) is 9.83. The highest BCUT2D eigenvalue weighted by Crippen LogP contribution is 2.29. The van der Waals surface area contributed by atoms with Crippen LogP contribution in [-0.4, -0.2) is 28.6 Å². The average Bonchev–Trinajstić information content (AvgIpc) is 2.53. The van der Waals surface area contributed by atoms with Crippen LogP contribution in [0, 0.1) is 0 Å². The highest BCUT2D eigenvalue weighted by atomic mass is 28.4. The van der Waals surface area contributed by atoms with Gasteiger partial charge in [0, 0.05) is 25.0 Å². The van der Waals surface area contributed by atoms with Gasteiger partial charge >= 0.3 is 8.80 Å². The van der Waals surface area contributed by atoms with Gasteiger partial charge in [-0.1, -0.05) is 53.7 Å². The van der Waals surface area contributed by atoms with E-state index in [0.29, 0.717) is 37.6 Å². The van der Waals surface area contributed by atoms with Crippen molar-refractivity contribution in [1.82, 2.24) is 0 Å². The summed E-state index contributed by atoms with van der Waals surface area (Å²) in [5, 5.41) is 1.20. The molecule has 144 valence electrons. The maximum atomic E-state index is 6.27. The first-order valence-corrected chi connectivity index (χ1v) is 11.6. The first-order chi connectivity index (χ1) is 11.7. The second kappa shape index (κ2) is 9.86. The Bertz CT molecular complexity index is 492. The van der Waals surface area contributed by atoms with Crippen LogP contribution >= 0.6 is 0 Å². The fourth-order valence-electron chi connectivity index (χ4n) is 3.22. The Morgan fingerprint density at radius 1 is 0.680 bits per heavy atom. The summed E-state index contributed by atoms with van der Waals surface area (Å²) < 4.78 is 18.8. The zero-order valence-electron chi connectivity index (χ0n) is 17.7. The molecule has 0 spiro atoms. The smallest absolute Gasteiger partial charge is 0.370 e. The molecule has 0 aliphatic heterocycles. The van der Waals surface area contributed by atoms with Crippen molar-refractivity contribution < 1.29 is 13.3 Å². The molecule has 0 aliphatic rings. The first kappa shape index (κ1) is 22.4. The predicted octanol–water partition coefficient (Wildman–Crippen LogP) is 5.31. The lowest BCUT2D eigenvalue weighted by atomic mass is 9.89. The van der Waals surface area contributed by atoms with Gasteiger partial charge in [-0.05, 0) is 55.2 Å². The van der Waals surface area contributed by atoms with Crippen molar-refractivity contribution >= 4 is 14.0 Å². The lowest BCUT2D eigenvalue weighted by Crippen LogP contribution is -2.59. The van der Waals surface area contributed by atoms with E-state index in [-0.39, 0.29) is 0 Å². The second-order valence-electron chi connectivity index (χ2n) is 7.39. The Morgan fingerprint density at radius 3 is 1.28 bits per heavy atom. The van der Waals surface area contributed by atoms with Crippen LogP contribution in [0.4, 0.5) is 0 Å². The molecule has 1 rings (SSSR count). The Balaban J connectivity index is 3.82. The molecule has 0 saturated carbocycles. The van der Waals surface area contributed by atoms with Gasteiger partial charge in [-0.3, -0.25) is 0 Å². The molecule has 0 heterocycles. The van der Waals surface area contributed by atoms with Crippen molar-refractivity contribution in [2.45, 2.75) is 80.1 Å². The minimum Gasteiger partial charge on any atom is -0.370 e. The van der Waals surface area contributed by atoms with Crippen molar-refractivity contribution in [2.24, 2.45) is 0 Å². The van der Waals surface area contributed by atoms with Gasteiger partial charge in [0.25, 0.3) is 0 Å². The molecular weight excluding hydrogens is 328 g/mol. The third-order valence-corrected chi connectivity index (χ3v) is 7.64. The summed E-state index contributed by atoms with van der Waals surface area (Å²) in [6.45, 7) is 21.3. The molecule has 0 atom stereocenters. The van der Waals surface area contributed by atoms with Crippen molar-refractivity contribution in [2.75, 3.05) is 19.8 Å². The van der Waals surface area contributed by atoms with E-state index in [1.807, 2.05) is 20.8 Å². The molecule has 0 radical (unpaired) electrons. The van der Waals surface area contributed by atoms with E-state index in [9.17, 15) is 0 Å². The fraction of sp³-hybridized carbons (Fsp3) is 0.714. The Morgan fingerprint density at radius 2 is 1.04 bits per heavy atom. The molecule has 0 aromatic heterocycles. The van der Waals surface area contributed by atoms with E-state index in [2.05, 4.69) is 53.7 Å². The van der Waals surface area contributed by atoms with Crippen molar-refractivity contribution in [3.05, 3.63) is 28.8 Å². The molecule has 0 aliphatic carbocycles. The van der Waals surface area contributed by atoms with Crippen molar-refractivity contribution in [1.29, 1.82) is 0 Å². The zero-order chi connectivity index (χ0) is 19.2. The quantitative estimate of drug-likeness (QED) is 0.525. The van der Waals surface area contributed by atoms with Gasteiger partial charge < -0.3 is 13.3 Å². The predicted molar refractivity (Wildman–Crippen MR) is 109 cm³/mol. The molecule has 1 aromatic carbocycles. The molecule has 0 N–H and O–H groups in total. The topological polar surface area (TPSA) is 27.7 Å². The molecule has 4 heteroatoms. The molecule has 1 aromatic rings. The third-order valence-electron chi connectivity index (χ3n) is 4.44. The molecule has 0 saturated heterocycles. The van der Waals surface area contributed by atoms with Crippen molar-refractivity contribution in [3.63, 3.8) is 0 Å². The van der Waals surface area contributed by atoms with Crippen LogP contribution in [0.25, 0.3) is 0 Å². The minimum atomic E-state index is -2.94. The van der Waals surface area contributed by atoms with Gasteiger partial charge in [0.05, 0.1) is 0 Å². The van der Waals surface area contributed by atoms with Gasteiger partial charge in [0.1, 0.15) is 0 Å². The fourth-order valence-corrected chi connectivity index (χ4v) is 6.47. The molecule has 0 amide bonds. The van der Waals surface area contributed by atoms with Crippen LogP contribution in [0.1, 0.15) is 96.8 Å². The maximum Gasteiger partial charge on any atom is 0.537 e. The monoisotopic (exact) mass is 366 g/mol. The van der Waals surface area contributed by atoms with Crippen LogP contribution in [0.3, 0.4) is 0 Å². The van der Waals surface area contributed by atoms with Gasteiger partial charge in [-0.15, -0.1) is 0 Å². The second-order valence-corrected chi connectivity index (χ2v) is 9.87. The maximum absolute atomic E-state index is 6.27. The van der Waals surface area contributed by atoms with Crippen molar-refractivity contribution in [3.8, 4) is 0 Å². The largest absolute Gasteiger partial charge is 0.537 e. The number of benzene rings is 1. The summed E-state index contributed by atoms with van der Waals surface area (Å²) in [5.74, 6) is 1.27. The lowest BCUT2D eigenvalue weighted by Gasteiger charge is -2.34. The summed E-state index contributed by atoms with van der Waals surface area (Å²) >= 11 is 0. The molecular formula is C21H38O3Si. The van der Waals surface area contributed by atoms with Gasteiger partial charge in [-0.2, -0.15) is 0 Å². The van der Waals surface area contributed by atoms with Gasteiger partial charge in [0.2, 0.25) is 0 Å². The Labute approximate surface area is 156 Å². The minimum absolute atomic E-state index is 0.388. The number of hydrogen-bond donors (Lipinski definition) is 0. The summed E-state index contributed by atoms with van der Waals surface area (Å²) in [7, 11) is -2.94. The Hall–Kier alpha value is -0.683. The van der Waals surface area contributed by atoms with Crippen LogP contribution < -0.4 is 5.19 Å². The third kappa shape index (κ3) is 5.16. The van der Waals surface area contributed by atoms with E-state index in [1.165, 1.54) is 21.9 Å². The summed E-state index contributed by atoms with van der Waals surface area (Å²) in [4.78, 5) is 0. The van der Waals surface area contributed by atoms with E-state index in [4.69, 9.17) is 13.3 Å². The van der Waals surface area contributed by atoms with Crippen LogP contribution in [-0.2, 0) is 13.3 Å². The van der Waals surface area contributed by atoms with Crippen LogP contribution in [0.2, 0.25) is 0 Å². The zero-order valence-corrected chi connectivity index (χ0v) is 18.7. The number of rotatable bonds is 10. The van der Waals surface area contributed by atoms with Gasteiger partial charge in [0.15, 0.2) is 0 Å². The highest BCUT2D eigenvalue weighted by Gasteiger charge is 2.47. The van der Waals surface area contributed by atoms with E-state index in [1.54, 1.807) is 0 Å². The van der Waals surface area contributed by atoms with E-state index >= 15 is 0 Å². The SMILES string of the molecule is CCO[Si](OCC)(OCC)c1c(C(C)C)cc(C(C)C)cc1C(C)C. The molecule has 0 unspecified atom stereocenters. The van der Waals surface area contributed by atoms with E-state index < -0.39 is 8.80 Å². The van der Waals surface area contributed by atoms with Crippen LogP contribution in [0.5, 0.6) is 0 Å². The Kier molecular flexibility index (Phi) is 8.82. The number of hydrogen-bond acceptors (Lipinski definition) is 3.